The van der Waals surface area contributed by atoms with Gasteiger partial charge in [0.2, 0.25) is 5.88 Å². The van der Waals surface area contributed by atoms with Gasteiger partial charge in [0.25, 0.3) is 10.0 Å². The summed E-state index contributed by atoms with van der Waals surface area (Å²) in [6.45, 7) is 5.76. The summed E-state index contributed by atoms with van der Waals surface area (Å²) in [4.78, 5) is 8.59. The number of aromatic nitrogens is 4. The van der Waals surface area contributed by atoms with Gasteiger partial charge in [0, 0.05) is 17.4 Å². The number of sulfonamides is 1. The molecule has 0 aliphatic rings. The van der Waals surface area contributed by atoms with E-state index < -0.39 is 10.0 Å². The summed E-state index contributed by atoms with van der Waals surface area (Å²) in [6, 6.07) is 16.9. The molecular formula is C22H21N5O3S. The highest BCUT2D eigenvalue weighted by Crippen LogP contribution is 2.24. The van der Waals surface area contributed by atoms with Crippen LogP contribution in [-0.4, -0.2) is 28.2 Å². The lowest BCUT2D eigenvalue weighted by Gasteiger charge is -2.10. The van der Waals surface area contributed by atoms with E-state index in [0.29, 0.717) is 23.1 Å². The molecule has 0 spiro atoms. The van der Waals surface area contributed by atoms with Crippen molar-refractivity contribution in [1.82, 2.24) is 19.7 Å². The number of nitrogens with one attached hydrogen (secondary N) is 1. The van der Waals surface area contributed by atoms with E-state index in [0.717, 1.165) is 17.0 Å². The first kappa shape index (κ1) is 20.5. The molecule has 0 unspecified atom stereocenters. The first-order chi connectivity index (χ1) is 14.8. The normalized spacial score (nSPS) is 11.3. The quantitative estimate of drug-likeness (QED) is 0.488. The van der Waals surface area contributed by atoms with Crippen LogP contribution in [-0.2, 0) is 10.0 Å². The fourth-order valence-electron chi connectivity index (χ4n) is 3.01. The zero-order chi connectivity index (χ0) is 22.0. The molecule has 1 N–H and O–H groups in total. The predicted molar refractivity (Wildman–Crippen MR) is 117 cm³/mol. The minimum absolute atomic E-state index is 0.205. The van der Waals surface area contributed by atoms with Crippen LogP contribution in [0.2, 0.25) is 0 Å². The van der Waals surface area contributed by atoms with E-state index in [9.17, 15) is 8.42 Å². The second-order valence-corrected chi connectivity index (χ2v) is 8.78. The Balaban J connectivity index is 1.48. The number of nitrogens with zero attached hydrogens (tertiary/aromatic N) is 4. The van der Waals surface area contributed by atoms with Crippen LogP contribution in [0.15, 0.2) is 71.9 Å². The highest BCUT2D eigenvalue weighted by molar-refractivity contribution is 7.92. The van der Waals surface area contributed by atoms with Crippen LogP contribution in [0.5, 0.6) is 11.6 Å². The summed E-state index contributed by atoms with van der Waals surface area (Å²) in [5.74, 6) is 1.46. The SMILES string of the molecule is Cc1ccc(S(=O)(=O)Nc2ccc(Oc3cc(-n4nc(C)cc4C)ncn3)cc2)cc1. The third-order valence-corrected chi connectivity index (χ3v) is 5.91. The van der Waals surface area contributed by atoms with E-state index in [1.807, 2.05) is 26.8 Å². The Kier molecular flexibility index (Phi) is 5.43. The van der Waals surface area contributed by atoms with Gasteiger partial charge in [0.15, 0.2) is 5.82 Å². The van der Waals surface area contributed by atoms with Crippen LogP contribution in [0.1, 0.15) is 17.0 Å². The maximum Gasteiger partial charge on any atom is 0.261 e. The van der Waals surface area contributed by atoms with Gasteiger partial charge in [-0.3, -0.25) is 4.72 Å². The van der Waals surface area contributed by atoms with Gasteiger partial charge in [-0.1, -0.05) is 17.7 Å². The zero-order valence-corrected chi connectivity index (χ0v) is 18.1. The molecule has 0 atom stereocenters. The summed E-state index contributed by atoms with van der Waals surface area (Å²) < 4.78 is 35.1. The molecule has 8 nitrogen and oxygen atoms in total. The zero-order valence-electron chi connectivity index (χ0n) is 17.3. The second kappa shape index (κ2) is 8.19. The molecule has 2 aromatic carbocycles. The molecule has 9 heteroatoms. The standard InChI is InChI=1S/C22H21N5O3S/c1-15-4-10-20(11-5-15)31(28,29)26-18-6-8-19(9-7-18)30-22-13-21(23-14-24-22)27-17(3)12-16(2)25-27/h4-14,26H,1-3H3. The lowest BCUT2D eigenvalue weighted by Crippen LogP contribution is -2.12. The molecule has 0 saturated carbocycles. The van der Waals surface area contributed by atoms with E-state index >= 15 is 0 Å². The van der Waals surface area contributed by atoms with Gasteiger partial charge >= 0.3 is 0 Å². The van der Waals surface area contributed by atoms with Gasteiger partial charge in [-0.05, 0) is 63.2 Å². The molecule has 4 rings (SSSR count). The third kappa shape index (κ3) is 4.72. The molecule has 0 radical (unpaired) electrons. The number of ether oxygens (including phenoxy) is 1. The summed E-state index contributed by atoms with van der Waals surface area (Å²) in [7, 11) is -3.66. The van der Waals surface area contributed by atoms with Crippen LogP contribution >= 0.6 is 0 Å². The maximum atomic E-state index is 12.5. The minimum Gasteiger partial charge on any atom is -0.439 e. The molecule has 0 amide bonds. The average Bonchev–Trinajstić information content (AvgIpc) is 3.08. The molecule has 158 valence electrons. The summed E-state index contributed by atoms with van der Waals surface area (Å²) in [6.07, 6.45) is 1.41. The fourth-order valence-corrected chi connectivity index (χ4v) is 4.06. The van der Waals surface area contributed by atoms with E-state index in [-0.39, 0.29) is 4.90 Å². The summed E-state index contributed by atoms with van der Waals surface area (Å²) >= 11 is 0. The van der Waals surface area contributed by atoms with Gasteiger partial charge in [0.05, 0.1) is 10.6 Å². The van der Waals surface area contributed by atoms with Crippen molar-refractivity contribution in [3.63, 3.8) is 0 Å². The fraction of sp³-hybridized carbons (Fsp3) is 0.136. The number of anilines is 1. The molecule has 0 aliphatic carbocycles. The average molecular weight is 436 g/mol. The molecule has 4 aromatic rings. The third-order valence-electron chi connectivity index (χ3n) is 4.51. The van der Waals surface area contributed by atoms with E-state index in [4.69, 9.17) is 4.74 Å². The molecule has 2 aromatic heterocycles. The van der Waals surface area contributed by atoms with E-state index in [1.165, 1.54) is 6.33 Å². The monoisotopic (exact) mass is 435 g/mol. The lowest BCUT2D eigenvalue weighted by molar-refractivity contribution is 0.460. The van der Waals surface area contributed by atoms with E-state index in [1.54, 1.807) is 59.3 Å². The van der Waals surface area contributed by atoms with Crippen molar-refractivity contribution in [3.05, 3.63) is 83.9 Å². The number of rotatable bonds is 6. The summed E-state index contributed by atoms with van der Waals surface area (Å²) in [5, 5.41) is 4.41. The second-order valence-electron chi connectivity index (χ2n) is 7.10. The van der Waals surface area contributed by atoms with Crippen LogP contribution in [0.3, 0.4) is 0 Å². The summed E-state index contributed by atoms with van der Waals surface area (Å²) in [5.41, 5.74) is 3.26. The van der Waals surface area contributed by atoms with Gasteiger partial charge in [-0.2, -0.15) is 5.10 Å². The van der Waals surface area contributed by atoms with Crippen molar-refractivity contribution in [1.29, 1.82) is 0 Å². The van der Waals surface area contributed by atoms with Crippen LogP contribution < -0.4 is 9.46 Å². The predicted octanol–water partition coefficient (Wildman–Crippen LogP) is 4.18. The first-order valence-electron chi connectivity index (χ1n) is 9.53. The molecule has 31 heavy (non-hydrogen) atoms. The molecule has 0 aliphatic heterocycles. The Morgan fingerprint density at radius 3 is 2.26 bits per heavy atom. The van der Waals surface area contributed by atoms with Gasteiger partial charge in [-0.15, -0.1) is 0 Å². The molecule has 2 heterocycles. The Morgan fingerprint density at radius 2 is 1.61 bits per heavy atom. The highest BCUT2D eigenvalue weighted by Gasteiger charge is 2.14. The Morgan fingerprint density at radius 1 is 0.903 bits per heavy atom. The van der Waals surface area contributed by atoms with Gasteiger partial charge in [-0.25, -0.2) is 23.1 Å². The Labute approximate surface area is 180 Å². The van der Waals surface area contributed by atoms with Crippen LogP contribution in [0, 0.1) is 20.8 Å². The maximum absolute atomic E-state index is 12.5. The van der Waals surface area contributed by atoms with Crippen molar-refractivity contribution < 1.29 is 13.2 Å². The topological polar surface area (TPSA) is 99.0 Å². The van der Waals surface area contributed by atoms with Crippen molar-refractivity contribution in [2.45, 2.75) is 25.7 Å². The molecule has 0 saturated heterocycles. The van der Waals surface area contributed by atoms with Gasteiger partial charge < -0.3 is 4.74 Å². The Bertz CT molecular complexity index is 1310. The van der Waals surface area contributed by atoms with Gasteiger partial charge in [0.1, 0.15) is 12.1 Å². The Hall–Kier alpha value is -3.72. The van der Waals surface area contributed by atoms with Crippen molar-refractivity contribution in [2.75, 3.05) is 4.72 Å². The van der Waals surface area contributed by atoms with E-state index in [2.05, 4.69) is 19.8 Å². The lowest BCUT2D eigenvalue weighted by atomic mass is 10.2. The molecular weight excluding hydrogens is 414 g/mol. The number of aryl methyl sites for hydroxylation is 3. The van der Waals surface area contributed by atoms with Crippen molar-refractivity contribution in [2.24, 2.45) is 0 Å². The largest absolute Gasteiger partial charge is 0.439 e. The van der Waals surface area contributed by atoms with Crippen LogP contribution in [0.4, 0.5) is 5.69 Å². The number of hydrogen-bond donors (Lipinski definition) is 1. The number of hydrogen-bond acceptors (Lipinski definition) is 6. The highest BCUT2D eigenvalue weighted by atomic mass is 32.2. The van der Waals surface area contributed by atoms with Crippen LogP contribution in [0.25, 0.3) is 5.82 Å². The molecule has 0 fully saturated rings. The first-order valence-corrected chi connectivity index (χ1v) is 11.0. The van der Waals surface area contributed by atoms with Crippen molar-refractivity contribution >= 4 is 15.7 Å². The molecule has 0 bridgehead atoms. The number of benzene rings is 2. The minimum atomic E-state index is -3.66. The smallest absolute Gasteiger partial charge is 0.261 e. The van der Waals surface area contributed by atoms with Crippen molar-refractivity contribution in [3.8, 4) is 17.4 Å².